The number of Topliss-reactive ketones (excluding diaryl/α,β-unsaturated/α-hetero) is 1. The molecule has 0 aromatic heterocycles. The molecule has 1 aliphatic rings. The van der Waals surface area contributed by atoms with Crippen molar-refractivity contribution in [3.8, 4) is 0 Å². The van der Waals surface area contributed by atoms with E-state index in [2.05, 4.69) is 6.58 Å². The smallest absolute Gasteiger partial charge is 0.303 e. The maximum absolute atomic E-state index is 12.3. The van der Waals surface area contributed by atoms with Crippen molar-refractivity contribution in [1.82, 2.24) is 4.31 Å². The van der Waals surface area contributed by atoms with Gasteiger partial charge < -0.3 is 5.11 Å². The van der Waals surface area contributed by atoms with Crippen LogP contribution in [0.5, 0.6) is 0 Å². The average Bonchev–Trinajstić information content (AvgIpc) is 2.39. The number of hydrogen-bond acceptors (Lipinski definition) is 3. The summed E-state index contributed by atoms with van der Waals surface area (Å²) in [6, 6.07) is 0. The maximum atomic E-state index is 12.3. The number of carboxylic acids is 1. The van der Waals surface area contributed by atoms with E-state index >= 15 is 0 Å². The van der Waals surface area contributed by atoms with Crippen molar-refractivity contribution in [3.05, 3.63) is 36.1 Å². The Labute approximate surface area is 119 Å². The summed E-state index contributed by atoms with van der Waals surface area (Å²) in [4.78, 5) is 22.9. The third-order valence-corrected chi connectivity index (χ3v) is 3.74. The van der Waals surface area contributed by atoms with Gasteiger partial charge in [-0.1, -0.05) is 18.7 Å². The van der Waals surface area contributed by atoms with Crippen molar-refractivity contribution in [2.75, 3.05) is 6.54 Å². The molecule has 20 heavy (non-hydrogen) atoms. The van der Waals surface area contributed by atoms with E-state index < -0.39 is 23.2 Å². The molecule has 2 N–H and O–H groups in total. The van der Waals surface area contributed by atoms with Crippen molar-refractivity contribution in [3.63, 3.8) is 0 Å². The van der Waals surface area contributed by atoms with Crippen molar-refractivity contribution < 1.29 is 23.5 Å². The van der Waals surface area contributed by atoms with Crippen LogP contribution in [-0.4, -0.2) is 36.5 Å². The van der Waals surface area contributed by atoms with Gasteiger partial charge in [0, 0.05) is 24.5 Å². The summed E-state index contributed by atoms with van der Waals surface area (Å²) < 4.78 is 21.9. The number of carbonyl (C=O) groups excluding carboxylic acids is 1. The fourth-order valence-corrected chi connectivity index (χ4v) is 2.79. The van der Waals surface area contributed by atoms with Crippen LogP contribution in [0.1, 0.15) is 19.8 Å². The van der Waals surface area contributed by atoms with Crippen LogP contribution < -0.4 is 0 Å². The minimum Gasteiger partial charge on any atom is -0.481 e. The highest BCUT2D eigenvalue weighted by Gasteiger charge is 2.36. The standard InChI is InChI=1S/C13H17NO5S/c1-3-5-10-11(4-2)14(20(18)19)8-9(13(10)17)6-7-12(15)16/h3-5,9H,1,6-8H2,2H3,(H,15,16)(H,18,19)/b10-5+,11-4+/t9-/m0/s1. The second-order valence-electron chi connectivity index (χ2n) is 4.28. The topological polar surface area (TPSA) is 94.9 Å². The summed E-state index contributed by atoms with van der Waals surface area (Å²) in [6.45, 7) is 5.22. The average molecular weight is 299 g/mol. The number of hydrogen-bond donors (Lipinski definition) is 2. The lowest BCUT2D eigenvalue weighted by atomic mass is 9.87. The first kappa shape index (κ1) is 16.3. The van der Waals surface area contributed by atoms with Gasteiger partial charge in [0.1, 0.15) is 0 Å². The Bertz CT molecular complexity index is 509. The normalized spacial score (nSPS) is 25.0. The Kier molecular flexibility index (Phi) is 5.84. The SMILES string of the molecule is C=C/C=C1/C(=O)[C@@H](CCC(=O)O)CN(S(=O)O)/C1=C/C. The molecular weight excluding hydrogens is 282 g/mol. The van der Waals surface area contributed by atoms with Gasteiger partial charge in [0.25, 0.3) is 11.3 Å². The summed E-state index contributed by atoms with van der Waals surface area (Å²) in [7, 11) is 0. The third kappa shape index (κ3) is 3.64. The first-order valence-corrected chi connectivity index (χ1v) is 7.12. The molecule has 0 radical (unpaired) electrons. The van der Waals surface area contributed by atoms with Gasteiger partial charge >= 0.3 is 5.97 Å². The fourth-order valence-electron chi connectivity index (χ4n) is 2.11. The molecule has 0 aliphatic carbocycles. The highest BCUT2D eigenvalue weighted by molar-refractivity contribution is 7.76. The summed E-state index contributed by atoms with van der Waals surface area (Å²) >= 11 is -2.27. The molecule has 0 saturated carbocycles. The largest absolute Gasteiger partial charge is 0.481 e. The molecule has 1 saturated heterocycles. The van der Waals surface area contributed by atoms with E-state index in [1.165, 1.54) is 16.5 Å². The number of carbonyl (C=O) groups is 2. The number of piperidine rings is 1. The Morgan fingerprint density at radius 3 is 2.70 bits per heavy atom. The molecule has 0 aromatic carbocycles. The predicted molar refractivity (Wildman–Crippen MR) is 74.9 cm³/mol. The van der Waals surface area contributed by atoms with E-state index in [1.807, 2.05) is 0 Å². The first-order chi connectivity index (χ1) is 9.42. The molecule has 1 fully saturated rings. The third-order valence-electron chi connectivity index (χ3n) is 3.02. The summed E-state index contributed by atoms with van der Waals surface area (Å²) in [6.07, 6.45) is 4.45. The molecule has 1 unspecified atom stereocenters. The summed E-state index contributed by atoms with van der Waals surface area (Å²) in [5.74, 6) is -1.83. The van der Waals surface area contributed by atoms with Crippen LogP contribution in [0.3, 0.4) is 0 Å². The van der Waals surface area contributed by atoms with Gasteiger partial charge in [0.05, 0.1) is 5.70 Å². The molecule has 2 atom stereocenters. The number of ketones is 1. The molecule has 0 aromatic rings. The molecule has 110 valence electrons. The zero-order valence-electron chi connectivity index (χ0n) is 11.1. The minimum absolute atomic E-state index is 0.0311. The van der Waals surface area contributed by atoms with Gasteiger partial charge in [0.15, 0.2) is 5.78 Å². The van der Waals surface area contributed by atoms with E-state index in [0.29, 0.717) is 5.70 Å². The Morgan fingerprint density at radius 2 is 2.25 bits per heavy atom. The van der Waals surface area contributed by atoms with Gasteiger partial charge in [-0.15, -0.1) is 0 Å². The monoisotopic (exact) mass is 299 g/mol. The quantitative estimate of drug-likeness (QED) is 0.592. The van der Waals surface area contributed by atoms with Gasteiger partial charge in [-0.2, -0.15) is 0 Å². The minimum atomic E-state index is -2.27. The van der Waals surface area contributed by atoms with E-state index in [9.17, 15) is 18.4 Å². The Hall–Kier alpha value is -1.73. The van der Waals surface area contributed by atoms with Crippen molar-refractivity contribution >= 4 is 23.0 Å². The number of aliphatic carboxylic acids is 1. The van der Waals surface area contributed by atoms with Crippen LogP contribution >= 0.6 is 0 Å². The van der Waals surface area contributed by atoms with E-state index in [-0.39, 0.29) is 30.7 Å². The lowest BCUT2D eigenvalue weighted by Crippen LogP contribution is -2.41. The van der Waals surface area contributed by atoms with Crippen molar-refractivity contribution in [2.24, 2.45) is 5.92 Å². The molecule has 1 heterocycles. The van der Waals surface area contributed by atoms with Crippen molar-refractivity contribution in [2.45, 2.75) is 19.8 Å². The van der Waals surface area contributed by atoms with Crippen LogP contribution in [0.4, 0.5) is 0 Å². The van der Waals surface area contributed by atoms with Crippen LogP contribution in [0, 0.1) is 5.92 Å². The molecule has 0 amide bonds. The fraction of sp³-hybridized carbons (Fsp3) is 0.385. The number of allylic oxidation sites excluding steroid dienone is 4. The zero-order chi connectivity index (χ0) is 15.3. The first-order valence-electron chi connectivity index (χ1n) is 6.06. The maximum Gasteiger partial charge on any atom is 0.303 e. The molecule has 6 nitrogen and oxygen atoms in total. The predicted octanol–water partition coefficient (Wildman–Crippen LogP) is 1.51. The Balaban J connectivity index is 3.11. The van der Waals surface area contributed by atoms with Crippen LogP contribution in [0.15, 0.2) is 36.1 Å². The van der Waals surface area contributed by atoms with Gasteiger partial charge in [0.2, 0.25) is 0 Å². The van der Waals surface area contributed by atoms with E-state index in [4.69, 9.17) is 5.11 Å². The summed E-state index contributed by atoms with van der Waals surface area (Å²) in [5, 5.41) is 8.70. The number of nitrogens with zero attached hydrogens (tertiary/aromatic N) is 1. The second-order valence-corrected chi connectivity index (χ2v) is 5.18. The lowest BCUT2D eigenvalue weighted by molar-refractivity contribution is -0.137. The number of rotatable bonds is 5. The molecule has 1 aliphatic heterocycles. The van der Waals surface area contributed by atoms with Crippen LogP contribution in [-0.2, 0) is 20.9 Å². The van der Waals surface area contributed by atoms with Gasteiger partial charge in [-0.05, 0) is 19.4 Å². The van der Waals surface area contributed by atoms with Gasteiger partial charge in [-0.3, -0.25) is 18.4 Å². The highest BCUT2D eigenvalue weighted by atomic mass is 32.2. The Morgan fingerprint density at radius 1 is 1.60 bits per heavy atom. The molecular formula is C13H17NO5S. The number of carboxylic acid groups (broad SMARTS) is 1. The van der Waals surface area contributed by atoms with Gasteiger partial charge in [-0.25, -0.2) is 4.21 Å². The van der Waals surface area contributed by atoms with Crippen LogP contribution in [0.2, 0.25) is 0 Å². The molecule has 0 bridgehead atoms. The van der Waals surface area contributed by atoms with Crippen LogP contribution in [0.25, 0.3) is 0 Å². The molecule has 1 rings (SSSR count). The zero-order valence-corrected chi connectivity index (χ0v) is 11.9. The summed E-state index contributed by atoms with van der Waals surface area (Å²) in [5.41, 5.74) is 0.647. The van der Waals surface area contributed by atoms with E-state index in [0.717, 1.165) is 0 Å². The lowest BCUT2D eigenvalue weighted by Gasteiger charge is -2.33. The second kappa shape index (κ2) is 7.16. The molecule has 7 heteroatoms. The molecule has 0 spiro atoms. The van der Waals surface area contributed by atoms with Crippen molar-refractivity contribution in [1.29, 1.82) is 0 Å². The highest BCUT2D eigenvalue weighted by Crippen LogP contribution is 2.30. The van der Waals surface area contributed by atoms with E-state index in [1.54, 1.807) is 13.0 Å².